The number of anilines is 1. The van der Waals surface area contributed by atoms with Crippen molar-refractivity contribution >= 4 is 22.3 Å². The normalized spacial score (nSPS) is 11.1. The highest BCUT2D eigenvalue weighted by Gasteiger charge is 2.18. The van der Waals surface area contributed by atoms with Crippen molar-refractivity contribution in [3.05, 3.63) is 65.2 Å². The van der Waals surface area contributed by atoms with Crippen LogP contribution < -0.4 is 9.46 Å². The van der Waals surface area contributed by atoms with Crippen molar-refractivity contribution < 1.29 is 17.9 Å². The molecule has 0 aliphatic rings. The van der Waals surface area contributed by atoms with Gasteiger partial charge in [0, 0.05) is 17.2 Å². The fraction of sp³-hybridized carbons (Fsp3) is 0.150. The highest BCUT2D eigenvalue weighted by molar-refractivity contribution is 7.92. The first-order chi connectivity index (χ1) is 13.3. The van der Waals surface area contributed by atoms with Crippen molar-refractivity contribution in [2.45, 2.75) is 18.7 Å². The number of benzene rings is 2. The zero-order valence-electron chi connectivity index (χ0n) is 15.6. The van der Waals surface area contributed by atoms with Crippen molar-refractivity contribution in [3.63, 3.8) is 0 Å². The minimum Gasteiger partial charge on any atom is -0.481 e. The van der Waals surface area contributed by atoms with Gasteiger partial charge in [-0.05, 0) is 37.1 Å². The Morgan fingerprint density at radius 1 is 1.00 bits per heavy atom. The number of rotatable bonds is 6. The minimum absolute atomic E-state index is 0.0582. The lowest BCUT2D eigenvalue weighted by Gasteiger charge is -2.13. The Balaban J connectivity index is 2.06. The zero-order valence-corrected chi connectivity index (χ0v) is 16.4. The molecule has 0 atom stereocenters. The summed E-state index contributed by atoms with van der Waals surface area (Å²) in [6.07, 6.45) is 0.583. The Labute approximate surface area is 163 Å². The van der Waals surface area contributed by atoms with Gasteiger partial charge in [-0.15, -0.1) is 0 Å². The highest BCUT2D eigenvalue weighted by Crippen LogP contribution is 2.29. The van der Waals surface area contributed by atoms with Crippen molar-refractivity contribution in [1.82, 2.24) is 9.97 Å². The standard InChI is InChI=1S/C20H19N3O4S/c1-13-6-4-7-14(2)19(13)17-11-18(27-3)22-20(21-17)23-28(25,26)16-9-5-8-15(10-16)12-24/h4-12H,1-3H3,(H,21,22,23). The van der Waals surface area contributed by atoms with Crippen LogP contribution in [0.15, 0.2) is 53.4 Å². The number of carbonyl (C=O) groups excluding carboxylic acids is 1. The summed E-state index contributed by atoms with van der Waals surface area (Å²) >= 11 is 0. The summed E-state index contributed by atoms with van der Waals surface area (Å²) in [5.74, 6) is 0.112. The van der Waals surface area contributed by atoms with E-state index in [2.05, 4.69) is 14.7 Å². The molecule has 0 aliphatic carbocycles. The van der Waals surface area contributed by atoms with E-state index in [1.807, 2.05) is 32.0 Å². The Bertz CT molecular complexity index is 1120. The molecule has 0 spiro atoms. The summed E-state index contributed by atoms with van der Waals surface area (Å²) in [4.78, 5) is 19.4. The van der Waals surface area contributed by atoms with Gasteiger partial charge in [0.15, 0.2) is 0 Å². The number of methoxy groups -OCH3 is 1. The molecule has 3 rings (SSSR count). The van der Waals surface area contributed by atoms with Crippen LogP contribution in [0.2, 0.25) is 0 Å². The summed E-state index contributed by atoms with van der Waals surface area (Å²) in [5, 5.41) is 0. The van der Waals surface area contributed by atoms with Crippen LogP contribution >= 0.6 is 0 Å². The molecule has 8 heteroatoms. The molecule has 0 unspecified atom stereocenters. The van der Waals surface area contributed by atoms with Gasteiger partial charge in [-0.3, -0.25) is 4.79 Å². The van der Waals surface area contributed by atoms with Gasteiger partial charge in [0.05, 0.1) is 17.7 Å². The Hall–Kier alpha value is -3.26. The van der Waals surface area contributed by atoms with Gasteiger partial charge < -0.3 is 4.74 Å². The summed E-state index contributed by atoms with van der Waals surface area (Å²) in [6, 6.07) is 13.2. The quantitative estimate of drug-likeness (QED) is 0.640. The molecule has 0 saturated carbocycles. The predicted octanol–water partition coefficient (Wildman–Crippen LogP) is 3.38. The summed E-state index contributed by atoms with van der Waals surface area (Å²) < 4.78 is 33.0. The lowest BCUT2D eigenvalue weighted by molar-refractivity contribution is 0.112. The van der Waals surface area contributed by atoms with Gasteiger partial charge in [-0.1, -0.05) is 30.3 Å². The number of aryl methyl sites for hydroxylation is 2. The van der Waals surface area contributed by atoms with E-state index in [0.29, 0.717) is 12.0 Å². The zero-order chi connectivity index (χ0) is 20.3. The van der Waals surface area contributed by atoms with Crippen molar-refractivity contribution in [2.75, 3.05) is 11.8 Å². The van der Waals surface area contributed by atoms with Crippen LogP contribution in [0.1, 0.15) is 21.5 Å². The molecule has 7 nitrogen and oxygen atoms in total. The number of nitrogens with one attached hydrogen (secondary N) is 1. The number of carbonyl (C=O) groups is 1. The molecule has 0 aliphatic heterocycles. The Morgan fingerprint density at radius 2 is 1.68 bits per heavy atom. The third-order valence-corrected chi connectivity index (χ3v) is 5.51. The second-order valence-electron chi connectivity index (χ2n) is 6.18. The first-order valence-electron chi connectivity index (χ1n) is 8.42. The van der Waals surface area contributed by atoms with E-state index in [9.17, 15) is 13.2 Å². The fourth-order valence-corrected chi connectivity index (χ4v) is 3.85. The predicted molar refractivity (Wildman–Crippen MR) is 106 cm³/mol. The molecule has 3 aromatic rings. The second kappa shape index (κ2) is 7.77. The van der Waals surface area contributed by atoms with E-state index in [1.165, 1.54) is 31.4 Å². The first-order valence-corrected chi connectivity index (χ1v) is 9.90. The van der Waals surface area contributed by atoms with Gasteiger partial charge >= 0.3 is 0 Å². The van der Waals surface area contributed by atoms with E-state index < -0.39 is 10.0 Å². The van der Waals surface area contributed by atoms with E-state index in [-0.39, 0.29) is 22.3 Å². The number of aromatic nitrogens is 2. The maximum absolute atomic E-state index is 12.7. The van der Waals surface area contributed by atoms with Gasteiger partial charge in [0.1, 0.15) is 6.29 Å². The highest BCUT2D eigenvalue weighted by atomic mass is 32.2. The second-order valence-corrected chi connectivity index (χ2v) is 7.86. The smallest absolute Gasteiger partial charge is 0.264 e. The van der Waals surface area contributed by atoms with Gasteiger partial charge in [0.25, 0.3) is 10.0 Å². The molecule has 28 heavy (non-hydrogen) atoms. The van der Waals surface area contributed by atoms with Crippen molar-refractivity contribution in [3.8, 4) is 17.1 Å². The van der Waals surface area contributed by atoms with E-state index in [0.717, 1.165) is 16.7 Å². The molecule has 0 radical (unpaired) electrons. The van der Waals surface area contributed by atoms with Crippen molar-refractivity contribution in [2.24, 2.45) is 0 Å². The molecular weight excluding hydrogens is 378 g/mol. The fourth-order valence-electron chi connectivity index (χ4n) is 2.86. The molecule has 1 N–H and O–H groups in total. The first kappa shape index (κ1) is 19.5. The molecule has 0 amide bonds. The maximum atomic E-state index is 12.7. The van der Waals surface area contributed by atoms with Crippen LogP contribution in [0.25, 0.3) is 11.3 Å². The van der Waals surface area contributed by atoms with Crippen LogP contribution in [-0.2, 0) is 10.0 Å². The van der Waals surface area contributed by atoms with E-state index in [4.69, 9.17) is 4.74 Å². The lowest BCUT2D eigenvalue weighted by Crippen LogP contribution is -2.16. The maximum Gasteiger partial charge on any atom is 0.264 e. The SMILES string of the molecule is COc1cc(-c2c(C)cccc2C)nc(NS(=O)(=O)c2cccc(C=O)c2)n1. The molecule has 2 aromatic carbocycles. The van der Waals surface area contributed by atoms with Crippen LogP contribution in [0.5, 0.6) is 5.88 Å². The number of hydrogen-bond donors (Lipinski definition) is 1. The average Bonchev–Trinajstić information content (AvgIpc) is 2.67. The molecule has 1 heterocycles. The van der Waals surface area contributed by atoms with Gasteiger partial charge in [-0.25, -0.2) is 18.1 Å². The summed E-state index contributed by atoms with van der Waals surface area (Å²) in [5.41, 5.74) is 3.67. The van der Waals surface area contributed by atoms with Crippen LogP contribution in [0.3, 0.4) is 0 Å². The van der Waals surface area contributed by atoms with E-state index >= 15 is 0 Å². The van der Waals surface area contributed by atoms with Crippen molar-refractivity contribution in [1.29, 1.82) is 0 Å². The van der Waals surface area contributed by atoms with Gasteiger partial charge in [-0.2, -0.15) is 4.98 Å². The molecule has 0 fully saturated rings. The molecule has 1 aromatic heterocycles. The van der Waals surface area contributed by atoms with Crippen LogP contribution in [0, 0.1) is 13.8 Å². The number of ether oxygens (including phenoxy) is 1. The number of hydrogen-bond acceptors (Lipinski definition) is 6. The summed E-state index contributed by atoms with van der Waals surface area (Å²) in [6.45, 7) is 3.90. The molecule has 0 saturated heterocycles. The number of nitrogens with zero attached hydrogens (tertiary/aromatic N) is 2. The number of sulfonamides is 1. The monoisotopic (exact) mass is 397 g/mol. The Morgan fingerprint density at radius 3 is 2.32 bits per heavy atom. The minimum atomic E-state index is -3.98. The largest absolute Gasteiger partial charge is 0.481 e. The molecule has 0 bridgehead atoms. The lowest BCUT2D eigenvalue weighted by atomic mass is 10.00. The van der Waals surface area contributed by atoms with E-state index in [1.54, 1.807) is 6.07 Å². The van der Waals surface area contributed by atoms with Crippen LogP contribution in [0.4, 0.5) is 5.95 Å². The Kier molecular flexibility index (Phi) is 5.41. The summed E-state index contributed by atoms with van der Waals surface area (Å²) in [7, 11) is -2.53. The number of aldehydes is 1. The van der Waals surface area contributed by atoms with Gasteiger partial charge in [0.2, 0.25) is 11.8 Å². The average molecular weight is 397 g/mol. The molecular formula is C20H19N3O4S. The third kappa shape index (κ3) is 4.01. The topological polar surface area (TPSA) is 98.2 Å². The third-order valence-electron chi connectivity index (χ3n) is 4.18. The van der Waals surface area contributed by atoms with Crippen LogP contribution in [-0.4, -0.2) is 31.8 Å². The molecule has 144 valence electrons.